The van der Waals surface area contributed by atoms with Gasteiger partial charge in [0.05, 0.1) is 5.54 Å². The number of rotatable bonds is 4. The number of aromatic nitrogens is 3. The number of nitrogens with zero attached hydrogens (tertiary/aromatic N) is 3. The minimum Gasteiger partial charge on any atom is -0.315 e. The highest BCUT2D eigenvalue weighted by Gasteiger charge is 2.29. The van der Waals surface area contributed by atoms with Gasteiger partial charge in [-0.05, 0) is 18.4 Å². The van der Waals surface area contributed by atoms with Gasteiger partial charge in [0.15, 0.2) is 5.82 Å². The van der Waals surface area contributed by atoms with E-state index >= 15 is 0 Å². The summed E-state index contributed by atoms with van der Waals surface area (Å²) in [5, 5.41) is 8.21. The maximum Gasteiger partial charge on any atom is 0.157 e. The number of hydrogen-bond acceptors (Lipinski definition) is 3. The van der Waals surface area contributed by atoms with Crippen molar-refractivity contribution >= 4 is 0 Å². The fourth-order valence-corrected chi connectivity index (χ4v) is 2.10. The zero-order chi connectivity index (χ0) is 13.2. The van der Waals surface area contributed by atoms with E-state index in [4.69, 9.17) is 5.73 Å². The first-order valence-corrected chi connectivity index (χ1v) is 6.24. The first kappa shape index (κ1) is 12.8. The van der Waals surface area contributed by atoms with Crippen molar-refractivity contribution in [2.24, 2.45) is 11.7 Å². The van der Waals surface area contributed by atoms with Gasteiger partial charge in [0.2, 0.25) is 0 Å². The third kappa shape index (κ3) is 2.43. The van der Waals surface area contributed by atoms with E-state index in [9.17, 15) is 0 Å². The third-order valence-electron chi connectivity index (χ3n) is 3.02. The molecule has 0 fully saturated rings. The van der Waals surface area contributed by atoms with E-state index in [1.807, 2.05) is 41.8 Å². The van der Waals surface area contributed by atoms with Gasteiger partial charge in [-0.3, -0.25) is 0 Å². The average Bonchev–Trinajstić information content (AvgIpc) is 2.78. The number of nitrogens with two attached hydrogens (primary N) is 1. The summed E-state index contributed by atoms with van der Waals surface area (Å²) in [6.45, 7) is 7.19. The van der Waals surface area contributed by atoms with Crippen molar-refractivity contribution < 1.29 is 0 Å². The van der Waals surface area contributed by atoms with Gasteiger partial charge in [0, 0.05) is 6.54 Å². The number of hydrogen-bond donors (Lipinski definition) is 1. The summed E-state index contributed by atoms with van der Waals surface area (Å²) in [4.78, 5) is 0. The van der Waals surface area contributed by atoms with Crippen LogP contribution in [0.3, 0.4) is 0 Å². The molecular formula is C14H20N4. The molecule has 0 radical (unpaired) electrons. The maximum atomic E-state index is 6.46. The molecule has 18 heavy (non-hydrogen) atoms. The van der Waals surface area contributed by atoms with Crippen LogP contribution in [0.25, 0.3) is 0 Å². The largest absolute Gasteiger partial charge is 0.315 e. The van der Waals surface area contributed by atoms with Crippen LogP contribution in [0.2, 0.25) is 0 Å². The predicted molar refractivity (Wildman–Crippen MR) is 71.9 cm³/mol. The van der Waals surface area contributed by atoms with Crippen molar-refractivity contribution in [3.63, 3.8) is 0 Å². The van der Waals surface area contributed by atoms with Gasteiger partial charge in [0.1, 0.15) is 6.33 Å². The molecule has 0 aliphatic heterocycles. The summed E-state index contributed by atoms with van der Waals surface area (Å²) < 4.78 is 2.04. The molecule has 1 heterocycles. The first-order chi connectivity index (χ1) is 8.51. The molecule has 1 atom stereocenters. The Morgan fingerprint density at radius 1 is 1.28 bits per heavy atom. The average molecular weight is 244 g/mol. The van der Waals surface area contributed by atoms with Gasteiger partial charge in [-0.25, -0.2) is 0 Å². The van der Waals surface area contributed by atoms with Crippen molar-refractivity contribution in [2.75, 3.05) is 0 Å². The summed E-state index contributed by atoms with van der Waals surface area (Å²) >= 11 is 0. The Morgan fingerprint density at radius 2 is 1.94 bits per heavy atom. The second-order valence-electron chi connectivity index (χ2n) is 5.27. The van der Waals surface area contributed by atoms with E-state index < -0.39 is 5.54 Å². The van der Waals surface area contributed by atoms with Crippen molar-refractivity contribution in [2.45, 2.75) is 32.9 Å². The molecule has 0 saturated carbocycles. The lowest BCUT2D eigenvalue weighted by Gasteiger charge is -2.25. The van der Waals surface area contributed by atoms with E-state index in [0.717, 1.165) is 17.9 Å². The molecule has 4 heteroatoms. The Bertz CT molecular complexity index is 500. The molecule has 1 aromatic heterocycles. The van der Waals surface area contributed by atoms with Gasteiger partial charge >= 0.3 is 0 Å². The summed E-state index contributed by atoms with van der Waals surface area (Å²) in [5.41, 5.74) is 6.88. The van der Waals surface area contributed by atoms with Gasteiger partial charge in [0.25, 0.3) is 0 Å². The van der Waals surface area contributed by atoms with Gasteiger partial charge in [-0.15, -0.1) is 10.2 Å². The normalized spacial score (nSPS) is 14.7. The summed E-state index contributed by atoms with van der Waals surface area (Å²) in [7, 11) is 0. The molecule has 0 spiro atoms. The Labute approximate surface area is 108 Å². The van der Waals surface area contributed by atoms with E-state index in [0.29, 0.717) is 5.92 Å². The summed E-state index contributed by atoms with van der Waals surface area (Å²) in [6.07, 6.45) is 1.75. The molecular weight excluding hydrogens is 224 g/mol. The minimum absolute atomic E-state index is 0.534. The molecule has 0 aliphatic carbocycles. The second kappa shape index (κ2) is 4.90. The molecule has 0 saturated heterocycles. The van der Waals surface area contributed by atoms with Gasteiger partial charge in [-0.2, -0.15) is 0 Å². The monoisotopic (exact) mass is 244 g/mol. The third-order valence-corrected chi connectivity index (χ3v) is 3.02. The van der Waals surface area contributed by atoms with Gasteiger partial charge in [-0.1, -0.05) is 44.2 Å². The Morgan fingerprint density at radius 3 is 2.56 bits per heavy atom. The SMILES string of the molecule is CC(C)Cn1cnnc1C(C)(N)c1ccccc1. The van der Waals surface area contributed by atoms with Crippen LogP contribution in [-0.4, -0.2) is 14.8 Å². The zero-order valence-corrected chi connectivity index (χ0v) is 11.2. The Hall–Kier alpha value is -1.68. The van der Waals surface area contributed by atoms with Crippen LogP contribution in [0.5, 0.6) is 0 Å². The molecule has 1 unspecified atom stereocenters. The van der Waals surface area contributed by atoms with E-state index in [1.54, 1.807) is 6.33 Å². The quantitative estimate of drug-likeness (QED) is 0.896. The minimum atomic E-state index is -0.618. The fraction of sp³-hybridized carbons (Fsp3) is 0.429. The van der Waals surface area contributed by atoms with Crippen molar-refractivity contribution in [1.82, 2.24) is 14.8 Å². The lowest BCUT2D eigenvalue weighted by Crippen LogP contribution is -2.37. The molecule has 2 rings (SSSR count). The van der Waals surface area contributed by atoms with Crippen LogP contribution in [0.15, 0.2) is 36.7 Å². The van der Waals surface area contributed by atoms with E-state index in [-0.39, 0.29) is 0 Å². The summed E-state index contributed by atoms with van der Waals surface area (Å²) in [5.74, 6) is 1.34. The van der Waals surface area contributed by atoms with Crippen LogP contribution in [0.1, 0.15) is 32.2 Å². The lowest BCUT2D eigenvalue weighted by molar-refractivity contribution is 0.456. The zero-order valence-electron chi connectivity index (χ0n) is 11.2. The van der Waals surface area contributed by atoms with Crippen LogP contribution in [0, 0.1) is 5.92 Å². The van der Waals surface area contributed by atoms with E-state index in [1.165, 1.54) is 0 Å². The van der Waals surface area contributed by atoms with Crippen molar-refractivity contribution in [3.05, 3.63) is 48.0 Å². The topological polar surface area (TPSA) is 56.7 Å². The predicted octanol–water partition coefficient (Wildman–Crippen LogP) is 2.16. The van der Waals surface area contributed by atoms with Crippen molar-refractivity contribution in [1.29, 1.82) is 0 Å². The van der Waals surface area contributed by atoms with E-state index in [2.05, 4.69) is 24.0 Å². The highest BCUT2D eigenvalue weighted by Crippen LogP contribution is 2.24. The van der Waals surface area contributed by atoms with Crippen LogP contribution in [0.4, 0.5) is 0 Å². The highest BCUT2D eigenvalue weighted by molar-refractivity contribution is 5.29. The molecule has 0 bridgehead atoms. The smallest absolute Gasteiger partial charge is 0.157 e. The Balaban J connectivity index is 2.39. The Kier molecular flexibility index (Phi) is 3.48. The fourth-order valence-electron chi connectivity index (χ4n) is 2.10. The standard InChI is InChI=1S/C14H20N4/c1-11(2)9-18-10-16-17-13(18)14(3,15)12-7-5-4-6-8-12/h4-8,10-11H,9,15H2,1-3H3. The molecule has 4 nitrogen and oxygen atoms in total. The van der Waals surface area contributed by atoms with Gasteiger partial charge < -0.3 is 10.3 Å². The molecule has 2 aromatic rings. The lowest BCUT2D eigenvalue weighted by atomic mass is 9.92. The molecule has 96 valence electrons. The van der Waals surface area contributed by atoms with Crippen LogP contribution in [-0.2, 0) is 12.1 Å². The second-order valence-corrected chi connectivity index (χ2v) is 5.27. The molecule has 1 aromatic carbocycles. The molecule has 2 N–H and O–H groups in total. The highest BCUT2D eigenvalue weighted by atomic mass is 15.3. The first-order valence-electron chi connectivity index (χ1n) is 6.24. The summed E-state index contributed by atoms with van der Waals surface area (Å²) in [6, 6.07) is 10.0. The molecule has 0 amide bonds. The van der Waals surface area contributed by atoms with Crippen LogP contribution < -0.4 is 5.73 Å². The maximum absolute atomic E-state index is 6.46. The number of benzene rings is 1. The van der Waals surface area contributed by atoms with Crippen LogP contribution >= 0.6 is 0 Å². The van der Waals surface area contributed by atoms with Crippen molar-refractivity contribution in [3.8, 4) is 0 Å². The molecule has 0 aliphatic rings.